The first-order chi connectivity index (χ1) is 8.76. The molecule has 2 aromatic rings. The molecule has 0 fully saturated rings. The molecule has 0 amide bonds. The highest BCUT2D eigenvalue weighted by Gasteiger charge is 2.11. The zero-order valence-electron chi connectivity index (χ0n) is 10.2. The molecule has 0 aliphatic heterocycles. The quantitative estimate of drug-likeness (QED) is 0.901. The zero-order valence-corrected chi connectivity index (χ0v) is 10.2. The molecule has 0 spiro atoms. The lowest BCUT2D eigenvalue weighted by Crippen LogP contribution is -2.18. The molecular formula is C14H15FN2O. The normalized spacial score (nSPS) is 10.4. The molecule has 0 saturated heterocycles. The van der Waals surface area contributed by atoms with Gasteiger partial charge >= 0.3 is 0 Å². The van der Waals surface area contributed by atoms with Crippen LogP contribution in [0.1, 0.15) is 12.5 Å². The van der Waals surface area contributed by atoms with Crippen LogP contribution < -0.4 is 4.90 Å². The number of benzene rings is 1. The molecule has 3 nitrogen and oxygen atoms in total. The Bertz CT molecular complexity index is 531. The molecular weight excluding hydrogens is 231 g/mol. The number of nitrogens with zero attached hydrogens (tertiary/aromatic N) is 2. The van der Waals surface area contributed by atoms with E-state index in [1.54, 1.807) is 18.5 Å². The van der Waals surface area contributed by atoms with Crippen molar-refractivity contribution in [2.75, 3.05) is 11.4 Å². The van der Waals surface area contributed by atoms with Gasteiger partial charge in [-0.1, -0.05) is 6.07 Å². The van der Waals surface area contributed by atoms with E-state index in [4.69, 9.17) is 0 Å². The topological polar surface area (TPSA) is 36.4 Å². The van der Waals surface area contributed by atoms with Crippen molar-refractivity contribution in [1.82, 2.24) is 4.98 Å². The first-order valence-corrected chi connectivity index (χ1v) is 5.83. The summed E-state index contributed by atoms with van der Waals surface area (Å²) in [6.45, 7) is 2.57. The van der Waals surface area contributed by atoms with Crippen LogP contribution in [-0.4, -0.2) is 16.6 Å². The van der Waals surface area contributed by atoms with E-state index >= 15 is 0 Å². The van der Waals surface area contributed by atoms with Crippen molar-refractivity contribution < 1.29 is 9.50 Å². The molecule has 94 valence electrons. The minimum absolute atomic E-state index is 0.0883. The van der Waals surface area contributed by atoms with Crippen LogP contribution in [0.5, 0.6) is 0 Å². The molecule has 0 aliphatic carbocycles. The van der Waals surface area contributed by atoms with E-state index in [9.17, 15) is 9.50 Å². The van der Waals surface area contributed by atoms with Crippen molar-refractivity contribution in [3.63, 3.8) is 0 Å². The number of rotatable bonds is 4. The third-order valence-electron chi connectivity index (χ3n) is 2.78. The third-order valence-corrected chi connectivity index (χ3v) is 2.78. The highest BCUT2D eigenvalue weighted by molar-refractivity contribution is 5.65. The third kappa shape index (κ3) is 2.49. The van der Waals surface area contributed by atoms with Gasteiger partial charge in [-0.05, 0) is 31.2 Å². The molecule has 18 heavy (non-hydrogen) atoms. The standard InChI is InChI=1S/C14H15FN2O/c1-2-17(13-5-3-4-12(15)8-13)14-6-7-16-9-11(14)10-18/h3-9,18H,2,10H2,1H3. The molecule has 1 aromatic heterocycles. The summed E-state index contributed by atoms with van der Waals surface area (Å²) in [5.74, 6) is -0.273. The molecule has 0 saturated carbocycles. The van der Waals surface area contributed by atoms with Gasteiger partial charge in [0.25, 0.3) is 0 Å². The molecule has 0 unspecified atom stereocenters. The second-order valence-corrected chi connectivity index (χ2v) is 3.89. The molecule has 1 N–H and O–H groups in total. The number of aliphatic hydroxyl groups is 1. The van der Waals surface area contributed by atoms with E-state index in [2.05, 4.69) is 4.98 Å². The van der Waals surface area contributed by atoms with Gasteiger partial charge in [0.15, 0.2) is 0 Å². The van der Waals surface area contributed by atoms with Crippen LogP contribution in [-0.2, 0) is 6.61 Å². The van der Waals surface area contributed by atoms with E-state index in [0.717, 1.165) is 16.9 Å². The smallest absolute Gasteiger partial charge is 0.125 e. The lowest BCUT2D eigenvalue weighted by atomic mass is 10.2. The Hall–Kier alpha value is -1.94. The van der Waals surface area contributed by atoms with Gasteiger partial charge in [-0.2, -0.15) is 0 Å². The maximum absolute atomic E-state index is 13.3. The summed E-state index contributed by atoms with van der Waals surface area (Å²) < 4.78 is 13.3. The van der Waals surface area contributed by atoms with Gasteiger partial charge in [0.1, 0.15) is 5.82 Å². The van der Waals surface area contributed by atoms with Crippen LogP contribution in [0.15, 0.2) is 42.7 Å². The van der Waals surface area contributed by atoms with Gasteiger partial charge in [0.2, 0.25) is 0 Å². The Morgan fingerprint density at radius 1 is 1.33 bits per heavy atom. The second kappa shape index (κ2) is 5.60. The number of aliphatic hydroxyl groups excluding tert-OH is 1. The molecule has 0 radical (unpaired) electrons. The summed E-state index contributed by atoms with van der Waals surface area (Å²) in [5, 5.41) is 9.32. The number of hydrogen-bond acceptors (Lipinski definition) is 3. The number of hydrogen-bond donors (Lipinski definition) is 1. The fourth-order valence-corrected chi connectivity index (χ4v) is 1.94. The monoisotopic (exact) mass is 246 g/mol. The second-order valence-electron chi connectivity index (χ2n) is 3.89. The summed E-state index contributed by atoms with van der Waals surface area (Å²) in [6, 6.07) is 8.23. The summed E-state index contributed by atoms with van der Waals surface area (Å²) in [4.78, 5) is 5.92. The summed E-state index contributed by atoms with van der Waals surface area (Å²) in [5.41, 5.74) is 2.34. The first-order valence-electron chi connectivity index (χ1n) is 5.83. The van der Waals surface area contributed by atoms with Crippen LogP contribution in [0, 0.1) is 5.82 Å². The Morgan fingerprint density at radius 3 is 2.83 bits per heavy atom. The van der Waals surface area contributed by atoms with Crippen LogP contribution in [0.3, 0.4) is 0 Å². The highest BCUT2D eigenvalue weighted by atomic mass is 19.1. The van der Waals surface area contributed by atoms with E-state index < -0.39 is 0 Å². The van der Waals surface area contributed by atoms with Crippen molar-refractivity contribution in [1.29, 1.82) is 0 Å². The van der Waals surface area contributed by atoms with Crippen LogP contribution in [0.25, 0.3) is 0 Å². The molecule has 2 rings (SSSR count). The zero-order chi connectivity index (χ0) is 13.0. The number of halogens is 1. The van der Waals surface area contributed by atoms with Crippen molar-refractivity contribution in [2.45, 2.75) is 13.5 Å². The average Bonchev–Trinajstić information content (AvgIpc) is 2.40. The van der Waals surface area contributed by atoms with Gasteiger partial charge in [-0.3, -0.25) is 4.98 Å². The summed E-state index contributed by atoms with van der Waals surface area (Å²) >= 11 is 0. The SMILES string of the molecule is CCN(c1cccc(F)c1)c1ccncc1CO. The summed E-state index contributed by atoms with van der Waals surface area (Å²) in [6.07, 6.45) is 3.29. The highest BCUT2D eigenvalue weighted by Crippen LogP contribution is 2.28. The Morgan fingerprint density at radius 2 is 2.17 bits per heavy atom. The van der Waals surface area contributed by atoms with Gasteiger partial charge < -0.3 is 10.0 Å². The first kappa shape index (κ1) is 12.5. The van der Waals surface area contributed by atoms with E-state index in [0.29, 0.717) is 6.54 Å². The minimum atomic E-state index is -0.273. The van der Waals surface area contributed by atoms with Gasteiger partial charge in [-0.25, -0.2) is 4.39 Å². The van der Waals surface area contributed by atoms with Crippen LogP contribution >= 0.6 is 0 Å². The minimum Gasteiger partial charge on any atom is -0.392 e. The molecule has 0 atom stereocenters. The number of aromatic nitrogens is 1. The lowest BCUT2D eigenvalue weighted by molar-refractivity contribution is 0.281. The predicted octanol–water partition coefficient (Wildman–Crippen LogP) is 2.87. The Kier molecular flexibility index (Phi) is 3.89. The van der Waals surface area contributed by atoms with E-state index in [1.165, 1.54) is 12.1 Å². The van der Waals surface area contributed by atoms with E-state index in [-0.39, 0.29) is 12.4 Å². The molecule has 1 heterocycles. The van der Waals surface area contributed by atoms with Crippen LogP contribution in [0.2, 0.25) is 0 Å². The number of pyridine rings is 1. The van der Waals surface area contributed by atoms with Gasteiger partial charge in [0.05, 0.1) is 6.61 Å². The van der Waals surface area contributed by atoms with Gasteiger partial charge in [-0.15, -0.1) is 0 Å². The maximum atomic E-state index is 13.3. The lowest BCUT2D eigenvalue weighted by Gasteiger charge is -2.25. The molecule has 4 heteroatoms. The fraction of sp³-hybridized carbons (Fsp3) is 0.214. The Balaban J connectivity index is 2.45. The average molecular weight is 246 g/mol. The van der Waals surface area contributed by atoms with Crippen molar-refractivity contribution in [2.24, 2.45) is 0 Å². The van der Waals surface area contributed by atoms with Crippen molar-refractivity contribution in [3.05, 3.63) is 54.1 Å². The largest absolute Gasteiger partial charge is 0.392 e. The van der Waals surface area contributed by atoms with Crippen molar-refractivity contribution >= 4 is 11.4 Å². The molecule has 0 aliphatic rings. The summed E-state index contributed by atoms with van der Waals surface area (Å²) in [7, 11) is 0. The predicted molar refractivity (Wildman–Crippen MR) is 69.2 cm³/mol. The van der Waals surface area contributed by atoms with Gasteiger partial charge in [0, 0.05) is 35.9 Å². The Labute approximate surface area is 106 Å². The van der Waals surface area contributed by atoms with Crippen LogP contribution in [0.4, 0.5) is 15.8 Å². The maximum Gasteiger partial charge on any atom is 0.125 e. The van der Waals surface area contributed by atoms with E-state index in [1.807, 2.05) is 24.0 Å². The van der Waals surface area contributed by atoms with Crippen molar-refractivity contribution in [3.8, 4) is 0 Å². The molecule has 1 aromatic carbocycles. The molecule has 0 bridgehead atoms. The number of anilines is 2. The fourth-order valence-electron chi connectivity index (χ4n) is 1.94.